The first-order valence-electron chi connectivity index (χ1n) is 8.10. The molecule has 0 spiro atoms. The van der Waals surface area contributed by atoms with Crippen LogP contribution in [0.15, 0.2) is 29.8 Å². The average molecular weight is 285 g/mol. The van der Waals surface area contributed by atoms with Gasteiger partial charge < -0.3 is 5.11 Å². The molecule has 1 N–H and O–H groups in total. The normalized spacial score (nSPS) is 27.0. The second-order valence-corrected chi connectivity index (χ2v) is 7.51. The summed E-state index contributed by atoms with van der Waals surface area (Å²) in [4.78, 5) is 2.65. The molecule has 3 rings (SSSR count). The van der Waals surface area contributed by atoms with Gasteiger partial charge in [0.1, 0.15) is 5.75 Å². The molecule has 2 nitrogen and oxygen atoms in total. The molecular weight excluding hydrogens is 258 g/mol. The van der Waals surface area contributed by atoms with Gasteiger partial charge in [-0.3, -0.25) is 4.90 Å². The molecule has 2 aliphatic rings. The molecule has 2 atom stereocenters. The highest BCUT2D eigenvalue weighted by atomic mass is 16.3. The molecule has 1 aromatic rings. The quantitative estimate of drug-likeness (QED) is 0.823. The number of phenolic OH excluding ortho intramolecular Hbond substituents is 1. The third kappa shape index (κ3) is 2.50. The molecule has 1 aliphatic carbocycles. The Kier molecular flexibility index (Phi) is 3.61. The summed E-state index contributed by atoms with van der Waals surface area (Å²) in [7, 11) is 0. The molecule has 0 saturated carbocycles. The lowest BCUT2D eigenvalue weighted by Crippen LogP contribution is -2.54. The number of likely N-dealkylation sites (tertiary alicyclic amines) is 1. The Labute approximate surface area is 128 Å². The SMILES string of the molecule is CC(C)=CCN1CCC2CC1C(C)(C)c1ccc(O)cc12. The third-order valence-electron chi connectivity index (χ3n) is 5.45. The number of benzene rings is 1. The van der Waals surface area contributed by atoms with Crippen LogP contribution in [0.4, 0.5) is 0 Å². The van der Waals surface area contributed by atoms with Crippen LogP contribution < -0.4 is 0 Å². The summed E-state index contributed by atoms with van der Waals surface area (Å²) in [6.45, 7) is 11.3. The molecule has 1 aliphatic heterocycles. The maximum Gasteiger partial charge on any atom is 0.115 e. The molecule has 1 heterocycles. The Morgan fingerprint density at radius 2 is 2.14 bits per heavy atom. The zero-order valence-corrected chi connectivity index (χ0v) is 13.7. The van der Waals surface area contributed by atoms with Gasteiger partial charge in [0.2, 0.25) is 0 Å². The first-order valence-corrected chi connectivity index (χ1v) is 8.10. The van der Waals surface area contributed by atoms with Crippen LogP contribution >= 0.6 is 0 Å². The second-order valence-electron chi connectivity index (χ2n) is 7.51. The van der Waals surface area contributed by atoms with E-state index >= 15 is 0 Å². The number of piperidine rings is 1. The Bertz CT molecular complexity index is 569. The maximum atomic E-state index is 9.83. The molecule has 0 aromatic heterocycles. The molecule has 1 fully saturated rings. The van der Waals surface area contributed by atoms with Crippen molar-refractivity contribution in [3.05, 3.63) is 41.0 Å². The summed E-state index contributed by atoms with van der Waals surface area (Å²) in [5.74, 6) is 1.03. The van der Waals surface area contributed by atoms with E-state index in [2.05, 4.69) is 44.7 Å². The van der Waals surface area contributed by atoms with Crippen LogP contribution in [0.25, 0.3) is 0 Å². The molecule has 2 heteroatoms. The minimum atomic E-state index is 0.148. The van der Waals surface area contributed by atoms with Gasteiger partial charge in [0, 0.05) is 18.0 Å². The molecule has 1 aromatic carbocycles. The number of phenols is 1. The maximum absolute atomic E-state index is 9.83. The summed E-state index contributed by atoms with van der Waals surface area (Å²) >= 11 is 0. The van der Waals surface area contributed by atoms with Crippen molar-refractivity contribution < 1.29 is 5.11 Å². The monoisotopic (exact) mass is 285 g/mol. The Balaban J connectivity index is 1.97. The Morgan fingerprint density at radius 1 is 1.38 bits per heavy atom. The number of nitrogens with zero attached hydrogens (tertiary/aromatic N) is 1. The number of fused-ring (bicyclic) bond motifs is 4. The van der Waals surface area contributed by atoms with Gasteiger partial charge >= 0.3 is 0 Å². The Morgan fingerprint density at radius 3 is 2.86 bits per heavy atom. The second kappa shape index (κ2) is 5.17. The molecule has 0 radical (unpaired) electrons. The lowest BCUT2D eigenvalue weighted by atomic mass is 9.62. The van der Waals surface area contributed by atoms with Gasteiger partial charge in [0.15, 0.2) is 0 Å². The van der Waals surface area contributed by atoms with Crippen molar-refractivity contribution in [1.29, 1.82) is 0 Å². The standard InChI is InChI=1S/C19H27NO/c1-13(2)7-9-20-10-8-14-11-18(20)19(3,4)17-6-5-15(21)12-16(14)17/h5-7,12,14,18,21H,8-11H2,1-4H3. The average Bonchev–Trinajstić information content (AvgIpc) is 2.43. The molecule has 0 amide bonds. The lowest BCUT2D eigenvalue weighted by molar-refractivity contribution is 0.0800. The fourth-order valence-corrected chi connectivity index (χ4v) is 4.22. The van der Waals surface area contributed by atoms with Gasteiger partial charge in [0.05, 0.1) is 0 Å². The van der Waals surface area contributed by atoms with Crippen LogP contribution in [0.1, 0.15) is 57.6 Å². The molecule has 2 unspecified atom stereocenters. The van der Waals surface area contributed by atoms with Crippen molar-refractivity contribution in [3.8, 4) is 5.75 Å². The summed E-state index contributed by atoms with van der Waals surface area (Å²) in [6, 6.07) is 6.60. The van der Waals surface area contributed by atoms with E-state index in [-0.39, 0.29) is 5.41 Å². The summed E-state index contributed by atoms with van der Waals surface area (Å²) < 4.78 is 0. The fraction of sp³-hybridized carbons (Fsp3) is 0.579. The van der Waals surface area contributed by atoms with E-state index in [1.165, 1.54) is 29.5 Å². The van der Waals surface area contributed by atoms with Crippen molar-refractivity contribution in [2.75, 3.05) is 13.1 Å². The minimum absolute atomic E-state index is 0.148. The zero-order chi connectivity index (χ0) is 15.2. The van der Waals surface area contributed by atoms with Gasteiger partial charge in [-0.2, -0.15) is 0 Å². The van der Waals surface area contributed by atoms with Crippen LogP contribution in [0.3, 0.4) is 0 Å². The first-order chi connectivity index (χ1) is 9.89. The predicted octanol–water partition coefficient (Wildman–Crippen LogP) is 4.20. The predicted molar refractivity (Wildman–Crippen MR) is 87.9 cm³/mol. The zero-order valence-electron chi connectivity index (χ0n) is 13.7. The van der Waals surface area contributed by atoms with E-state index in [4.69, 9.17) is 0 Å². The van der Waals surface area contributed by atoms with Gasteiger partial charge in [-0.05, 0) is 62.4 Å². The van der Waals surface area contributed by atoms with E-state index in [1.807, 2.05) is 12.1 Å². The Hall–Kier alpha value is -1.28. The smallest absolute Gasteiger partial charge is 0.115 e. The summed E-state index contributed by atoms with van der Waals surface area (Å²) in [6.07, 6.45) is 4.78. The van der Waals surface area contributed by atoms with Gasteiger partial charge in [0.25, 0.3) is 0 Å². The van der Waals surface area contributed by atoms with Crippen LogP contribution in [-0.2, 0) is 5.41 Å². The lowest BCUT2D eigenvalue weighted by Gasteiger charge is -2.52. The van der Waals surface area contributed by atoms with Crippen LogP contribution in [0, 0.1) is 0 Å². The summed E-state index contributed by atoms with van der Waals surface area (Å²) in [5.41, 5.74) is 4.37. The largest absolute Gasteiger partial charge is 0.508 e. The molecule has 2 bridgehead atoms. The number of rotatable bonds is 2. The van der Waals surface area contributed by atoms with Gasteiger partial charge in [-0.15, -0.1) is 0 Å². The summed E-state index contributed by atoms with van der Waals surface area (Å²) in [5, 5.41) is 9.83. The third-order valence-corrected chi connectivity index (χ3v) is 5.45. The minimum Gasteiger partial charge on any atom is -0.508 e. The fourth-order valence-electron chi connectivity index (χ4n) is 4.22. The number of hydrogen-bond acceptors (Lipinski definition) is 2. The van der Waals surface area contributed by atoms with Crippen molar-refractivity contribution in [1.82, 2.24) is 4.90 Å². The van der Waals surface area contributed by atoms with E-state index < -0.39 is 0 Å². The van der Waals surface area contributed by atoms with E-state index in [9.17, 15) is 5.11 Å². The van der Waals surface area contributed by atoms with Crippen LogP contribution in [0.2, 0.25) is 0 Å². The van der Waals surface area contributed by atoms with Crippen LogP contribution in [-0.4, -0.2) is 29.1 Å². The van der Waals surface area contributed by atoms with Crippen molar-refractivity contribution in [3.63, 3.8) is 0 Å². The molecule has 1 saturated heterocycles. The number of allylic oxidation sites excluding steroid dienone is 1. The van der Waals surface area contributed by atoms with Gasteiger partial charge in [-0.1, -0.05) is 31.6 Å². The highest BCUT2D eigenvalue weighted by molar-refractivity contribution is 5.45. The van der Waals surface area contributed by atoms with E-state index in [0.29, 0.717) is 17.7 Å². The van der Waals surface area contributed by atoms with Crippen molar-refractivity contribution in [2.45, 2.75) is 57.9 Å². The molecule has 21 heavy (non-hydrogen) atoms. The highest BCUT2D eigenvalue weighted by Gasteiger charge is 2.45. The number of aromatic hydroxyl groups is 1. The first kappa shape index (κ1) is 14.6. The molecule has 114 valence electrons. The molecular formula is C19H27NO. The van der Waals surface area contributed by atoms with Crippen molar-refractivity contribution >= 4 is 0 Å². The highest BCUT2D eigenvalue weighted by Crippen LogP contribution is 2.49. The van der Waals surface area contributed by atoms with Crippen LogP contribution in [0.5, 0.6) is 5.75 Å². The van der Waals surface area contributed by atoms with Gasteiger partial charge in [-0.25, -0.2) is 0 Å². The topological polar surface area (TPSA) is 23.5 Å². The van der Waals surface area contributed by atoms with E-state index in [0.717, 1.165) is 13.1 Å². The number of hydrogen-bond donors (Lipinski definition) is 1. The van der Waals surface area contributed by atoms with Crippen molar-refractivity contribution in [2.24, 2.45) is 0 Å². The van der Waals surface area contributed by atoms with E-state index in [1.54, 1.807) is 0 Å².